The van der Waals surface area contributed by atoms with E-state index < -0.39 is 0 Å². The topological polar surface area (TPSA) is 43.2 Å². The fraction of sp³-hybridized carbons (Fsp3) is 0.263. The van der Waals surface area contributed by atoms with E-state index in [1.54, 1.807) is 0 Å². The van der Waals surface area contributed by atoms with Crippen LogP contribution in [0.5, 0.6) is 0 Å². The van der Waals surface area contributed by atoms with Gasteiger partial charge in [-0.05, 0) is 42.3 Å². The van der Waals surface area contributed by atoms with Crippen LogP contribution < -0.4 is 4.90 Å². The standard InChI is InChI=1S/C19H19BrN4O/c1-14-4-2-7-17(10-14)24-8-9-25-19(24)18-13-23(22-21-18)12-15-5-3-6-16(20)11-15/h2-7,10-11,13,19H,8-9,12H2,1H3. The second kappa shape index (κ2) is 6.98. The number of hydrogen-bond acceptors (Lipinski definition) is 4. The monoisotopic (exact) mass is 398 g/mol. The van der Waals surface area contributed by atoms with E-state index in [9.17, 15) is 0 Å². The summed E-state index contributed by atoms with van der Waals surface area (Å²) < 4.78 is 8.85. The molecule has 3 aromatic rings. The largest absolute Gasteiger partial charge is 0.350 e. The molecule has 1 atom stereocenters. The molecule has 0 spiro atoms. The molecule has 2 aromatic carbocycles. The number of aryl methyl sites for hydroxylation is 1. The van der Waals surface area contributed by atoms with Crippen LogP contribution in [0.4, 0.5) is 5.69 Å². The molecule has 1 aliphatic rings. The molecule has 4 rings (SSSR count). The third-order valence-electron chi connectivity index (χ3n) is 4.27. The van der Waals surface area contributed by atoms with Crippen LogP contribution in [0.3, 0.4) is 0 Å². The summed E-state index contributed by atoms with van der Waals surface area (Å²) in [7, 11) is 0. The van der Waals surface area contributed by atoms with Gasteiger partial charge in [-0.1, -0.05) is 45.4 Å². The van der Waals surface area contributed by atoms with Gasteiger partial charge in [0.1, 0.15) is 5.69 Å². The lowest BCUT2D eigenvalue weighted by Crippen LogP contribution is -2.23. The molecular formula is C19H19BrN4O. The van der Waals surface area contributed by atoms with Gasteiger partial charge < -0.3 is 9.64 Å². The second-order valence-corrected chi connectivity index (χ2v) is 7.14. The first kappa shape index (κ1) is 16.3. The van der Waals surface area contributed by atoms with Crippen LogP contribution in [0.2, 0.25) is 0 Å². The summed E-state index contributed by atoms with van der Waals surface area (Å²) in [4.78, 5) is 2.24. The minimum atomic E-state index is -0.182. The van der Waals surface area contributed by atoms with Crippen molar-refractivity contribution < 1.29 is 4.74 Å². The Bertz CT molecular complexity index is 879. The number of rotatable bonds is 4. The number of aromatic nitrogens is 3. The molecule has 128 valence electrons. The van der Waals surface area contributed by atoms with E-state index in [1.165, 1.54) is 11.1 Å². The molecular weight excluding hydrogens is 380 g/mol. The first-order valence-corrected chi connectivity index (χ1v) is 9.08. The molecule has 1 saturated heterocycles. The maximum atomic E-state index is 5.93. The Balaban J connectivity index is 1.54. The van der Waals surface area contributed by atoms with Gasteiger partial charge in [0.25, 0.3) is 0 Å². The van der Waals surface area contributed by atoms with Crippen LogP contribution in [-0.2, 0) is 11.3 Å². The molecule has 0 saturated carbocycles. The molecule has 0 N–H and O–H groups in total. The maximum Gasteiger partial charge on any atom is 0.177 e. The Labute approximate surface area is 155 Å². The van der Waals surface area contributed by atoms with Gasteiger partial charge >= 0.3 is 0 Å². The summed E-state index contributed by atoms with van der Waals surface area (Å²) in [6.07, 6.45) is 1.79. The maximum absolute atomic E-state index is 5.93. The Morgan fingerprint density at radius 1 is 1.20 bits per heavy atom. The van der Waals surface area contributed by atoms with Crippen LogP contribution in [-0.4, -0.2) is 28.1 Å². The highest BCUT2D eigenvalue weighted by molar-refractivity contribution is 9.10. The van der Waals surface area contributed by atoms with E-state index in [0.717, 1.165) is 22.4 Å². The molecule has 0 amide bonds. The van der Waals surface area contributed by atoms with Crippen molar-refractivity contribution in [1.29, 1.82) is 0 Å². The van der Waals surface area contributed by atoms with E-state index in [1.807, 2.05) is 23.0 Å². The van der Waals surface area contributed by atoms with Gasteiger partial charge in [0.2, 0.25) is 0 Å². The molecule has 1 unspecified atom stereocenters. The SMILES string of the molecule is Cc1cccc(N2CCOC2c2cn(Cc3cccc(Br)c3)nn2)c1. The predicted molar refractivity (Wildman–Crippen MR) is 100 cm³/mol. The van der Waals surface area contributed by atoms with Crippen molar-refractivity contribution in [3.8, 4) is 0 Å². The van der Waals surface area contributed by atoms with Crippen molar-refractivity contribution in [2.45, 2.75) is 19.7 Å². The summed E-state index contributed by atoms with van der Waals surface area (Å²) in [6, 6.07) is 16.7. The zero-order valence-corrected chi connectivity index (χ0v) is 15.6. The molecule has 1 fully saturated rings. The van der Waals surface area contributed by atoms with Gasteiger partial charge in [0.15, 0.2) is 6.23 Å². The Morgan fingerprint density at radius 2 is 2.08 bits per heavy atom. The van der Waals surface area contributed by atoms with Gasteiger partial charge in [-0.15, -0.1) is 5.10 Å². The quantitative estimate of drug-likeness (QED) is 0.667. The van der Waals surface area contributed by atoms with E-state index in [0.29, 0.717) is 13.2 Å². The molecule has 25 heavy (non-hydrogen) atoms. The number of ether oxygens (including phenoxy) is 1. The fourth-order valence-electron chi connectivity index (χ4n) is 3.11. The number of halogens is 1. The van der Waals surface area contributed by atoms with Gasteiger partial charge in [0.05, 0.1) is 19.3 Å². The van der Waals surface area contributed by atoms with Crippen molar-refractivity contribution in [3.63, 3.8) is 0 Å². The zero-order chi connectivity index (χ0) is 17.2. The first-order chi connectivity index (χ1) is 12.2. The van der Waals surface area contributed by atoms with Crippen LogP contribution >= 0.6 is 15.9 Å². The Morgan fingerprint density at radius 3 is 2.92 bits per heavy atom. The normalized spacial score (nSPS) is 17.2. The second-order valence-electron chi connectivity index (χ2n) is 6.23. The summed E-state index contributed by atoms with van der Waals surface area (Å²) in [5.41, 5.74) is 4.41. The molecule has 5 nitrogen and oxygen atoms in total. The smallest absolute Gasteiger partial charge is 0.177 e. The van der Waals surface area contributed by atoms with Crippen LogP contribution in [0.15, 0.2) is 59.2 Å². The third kappa shape index (κ3) is 3.60. The van der Waals surface area contributed by atoms with Gasteiger partial charge in [0, 0.05) is 16.7 Å². The highest BCUT2D eigenvalue weighted by Gasteiger charge is 2.29. The summed E-state index contributed by atoms with van der Waals surface area (Å²) >= 11 is 3.50. The van der Waals surface area contributed by atoms with E-state index in [-0.39, 0.29) is 6.23 Å². The molecule has 2 heterocycles. The Hall–Kier alpha value is -2.18. The lowest BCUT2D eigenvalue weighted by Gasteiger charge is -2.23. The predicted octanol–water partition coefficient (Wildman–Crippen LogP) is 3.93. The summed E-state index contributed by atoms with van der Waals surface area (Å²) in [6.45, 7) is 4.33. The van der Waals surface area contributed by atoms with Crippen LogP contribution in [0.1, 0.15) is 23.0 Å². The number of benzene rings is 2. The zero-order valence-electron chi connectivity index (χ0n) is 14.0. The number of hydrogen-bond donors (Lipinski definition) is 0. The van der Waals surface area contributed by atoms with Gasteiger partial charge in [-0.2, -0.15) is 0 Å². The highest BCUT2D eigenvalue weighted by Crippen LogP contribution is 2.31. The van der Waals surface area contributed by atoms with Crippen molar-refractivity contribution in [2.24, 2.45) is 0 Å². The minimum Gasteiger partial charge on any atom is -0.350 e. The summed E-state index contributed by atoms with van der Waals surface area (Å²) in [5.74, 6) is 0. The summed E-state index contributed by atoms with van der Waals surface area (Å²) in [5, 5.41) is 8.63. The van der Waals surface area contributed by atoms with Crippen LogP contribution in [0, 0.1) is 6.92 Å². The Kier molecular flexibility index (Phi) is 4.55. The minimum absolute atomic E-state index is 0.182. The molecule has 1 aliphatic heterocycles. The van der Waals surface area contributed by atoms with E-state index in [4.69, 9.17) is 4.74 Å². The lowest BCUT2D eigenvalue weighted by molar-refractivity contribution is 0.110. The molecule has 6 heteroatoms. The molecule has 1 aromatic heterocycles. The average Bonchev–Trinajstić information content (AvgIpc) is 3.23. The van der Waals surface area contributed by atoms with Crippen molar-refractivity contribution in [2.75, 3.05) is 18.1 Å². The van der Waals surface area contributed by atoms with Gasteiger partial charge in [-0.25, -0.2) is 4.68 Å². The van der Waals surface area contributed by atoms with Crippen molar-refractivity contribution >= 4 is 21.6 Å². The number of anilines is 1. The van der Waals surface area contributed by atoms with Crippen molar-refractivity contribution in [1.82, 2.24) is 15.0 Å². The van der Waals surface area contributed by atoms with E-state index in [2.05, 4.69) is 74.5 Å². The number of nitrogens with zero attached hydrogens (tertiary/aromatic N) is 4. The molecule has 0 bridgehead atoms. The average molecular weight is 399 g/mol. The molecule has 0 radical (unpaired) electrons. The van der Waals surface area contributed by atoms with Crippen LogP contribution in [0.25, 0.3) is 0 Å². The fourth-order valence-corrected chi connectivity index (χ4v) is 3.56. The van der Waals surface area contributed by atoms with Crippen molar-refractivity contribution in [3.05, 3.63) is 76.0 Å². The third-order valence-corrected chi connectivity index (χ3v) is 4.76. The lowest BCUT2D eigenvalue weighted by atomic mass is 10.2. The van der Waals surface area contributed by atoms with Gasteiger partial charge in [-0.3, -0.25) is 0 Å². The van der Waals surface area contributed by atoms with E-state index >= 15 is 0 Å². The molecule has 0 aliphatic carbocycles. The highest BCUT2D eigenvalue weighted by atomic mass is 79.9. The first-order valence-electron chi connectivity index (χ1n) is 8.28.